The summed E-state index contributed by atoms with van der Waals surface area (Å²) in [4.78, 5) is 0. The monoisotopic (exact) mass is 350 g/mol. The van der Waals surface area contributed by atoms with Gasteiger partial charge in [0.2, 0.25) is 0 Å². The van der Waals surface area contributed by atoms with Gasteiger partial charge in [0, 0.05) is 12.3 Å². The lowest BCUT2D eigenvalue weighted by Gasteiger charge is -2.16. The van der Waals surface area contributed by atoms with Crippen LogP contribution in [0.1, 0.15) is 29.7 Å². The Balaban J connectivity index is 1.56. The predicted octanol–water partition coefficient (Wildman–Crippen LogP) is 4.29. The van der Waals surface area contributed by atoms with Crippen molar-refractivity contribution in [2.75, 3.05) is 5.32 Å². The molecule has 0 radical (unpaired) electrons. The molecule has 0 fully saturated rings. The fourth-order valence-corrected chi connectivity index (χ4v) is 2.97. The molecule has 0 aliphatic rings. The van der Waals surface area contributed by atoms with Gasteiger partial charge in [-0.25, -0.2) is 0 Å². The fourth-order valence-electron chi connectivity index (χ4n) is 2.69. The number of rotatable bonds is 5. The quantitative estimate of drug-likeness (QED) is 0.674. The highest BCUT2D eigenvalue weighted by atomic mass is 32.1. The van der Waals surface area contributed by atoms with Crippen molar-refractivity contribution in [3.63, 3.8) is 0 Å². The van der Waals surface area contributed by atoms with Crippen LogP contribution >= 0.6 is 12.2 Å². The SMILES string of the molecule is Cc1cccc(Cn2ccc(NC(=S)NC(C)c3ccccc3)n2)c1. The third-order valence-electron chi connectivity index (χ3n) is 3.96. The number of nitrogens with one attached hydrogen (secondary N) is 2. The molecular formula is C20H22N4S. The van der Waals surface area contributed by atoms with Crippen molar-refractivity contribution in [1.29, 1.82) is 0 Å². The first-order chi connectivity index (χ1) is 12.1. The fraction of sp³-hybridized carbons (Fsp3) is 0.200. The average Bonchev–Trinajstić information content (AvgIpc) is 3.02. The lowest BCUT2D eigenvalue weighted by atomic mass is 10.1. The minimum Gasteiger partial charge on any atom is -0.356 e. The lowest BCUT2D eigenvalue weighted by molar-refractivity contribution is 0.688. The molecule has 4 nitrogen and oxygen atoms in total. The summed E-state index contributed by atoms with van der Waals surface area (Å²) in [7, 11) is 0. The van der Waals surface area contributed by atoms with Crippen LogP contribution in [0.5, 0.6) is 0 Å². The summed E-state index contributed by atoms with van der Waals surface area (Å²) in [5.74, 6) is 0.741. The van der Waals surface area contributed by atoms with Crippen LogP contribution in [0, 0.1) is 6.92 Å². The molecule has 0 amide bonds. The van der Waals surface area contributed by atoms with Crippen LogP contribution in [-0.2, 0) is 6.54 Å². The van der Waals surface area contributed by atoms with Crippen molar-refractivity contribution in [1.82, 2.24) is 15.1 Å². The molecule has 0 aliphatic carbocycles. The van der Waals surface area contributed by atoms with Crippen LogP contribution in [0.25, 0.3) is 0 Å². The van der Waals surface area contributed by atoms with E-state index in [-0.39, 0.29) is 6.04 Å². The zero-order valence-corrected chi connectivity index (χ0v) is 15.3. The van der Waals surface area contributed by atoms with Gasteiger partial charge in [0.1, 0.15) is 0 Å². The zero-order chi connectivity index (χ0) is 17.6. The molecule has 0 spiro atoms. The second-order valence-corrected chi connectivity index (χ2v) is 6.53. The van der Waals surface area contributed by atoms with Crippen LogP contribution in [-0.4, -0.2) is 14.9 Å². The Morgan fingerprint density at radius 1 is 1.12 bits per heavy atom. The number of thiocarbonyl (C=S) groups is 1. The summed E-state index contributed by atoms with van der Waals surface area (Å²) >= 11 is 5.40. The van der Waals surface area contributed by atoms with Gasteiger partial charge in [-0.15, -0.1) is 0 Å². The number of nitrogens with zero attached hydrogens (tertiary/aromatic N) is 2. The van der Waals surface area contributed by atoms with Crippen molar-refractivity contribution >= 4 is 23.1 Å². The van der Waals surface area contributed by atoms with Crippen LogP contribution in [0.4, 0.5) is 5.82 Å². The molecule has 5 heteroatoms. The topological polar surface area (TPSA) is 41.9 Å². The van der Waals surface area contributed by atoms with Crippen molar-refractivity contribution in [3.8, 4) is 0 Å². The first-order valence-corrected chi connectivity index (χ1v) is 8.72. The molecule has 1 heterocycles. The summed E-state index contributed by atoms with van der Waals surface area (Å²) in [5, 5.41) is 11.5. The molecule has 3 rings (SSSR count). The summed E-state index contributed by atoms with van der Waals surface area (Å²) in [5.41, 5.74) is 3.67. The highest BCUT2D eigenvalue weighted by Gasteiger charge is 2.08. The number of aromatic nitrogens is 2. The van der Waals surface area contributed by atoms with Crippen molar-refractivity contribution in [3.05, 3.63) is 83.6 Å². The normalized spacial score (nSPS) is 11.8. The van der Waals surface area contributed by atoms with Gasteiger partial charge < -0.3 is 10.6 Å². The van der Waals surface area contributed by atoms with E-state index in [0.29, 0.717) is 5.11 Å². The molecule has 0 saturated heterocycles. The Hall–Kier alpha value is -2.66. The van der Waals surface area contributed by atoms with Gasteiger partial charge in [-0.05, 0) is 37.2 Å². The molecule has 1 aromatic heterocycles. The van der Waals surface area contributed by atoms with Crippen LogP contribution in [0.2, 0.25) is 0 Å². The maximum absolute atomic E-state index is 5.40. The smallest absolute Gasteiger partial charge is 0.172 e. The van der Waals surface area contributed by atoms with Crippen LogP contribution < -0.4 is 10.6 Å². The number of hydrogen-bond acceptors (Lipinski definition) is 2. The van der Waals surface area contributed by atoms with E-state index in [4.69, 9.17) is 12.2 Å². The summed E-state index contributed by atoms with van der Waals surface area (Å²) in [6.07, 6.45) is 1.95. The van der Waals surface area contributed by atoms with E-state index in [1.165, 1.54) is 16.7 Å². The molecule has 1 atom stereocenters. The standard InChI is InChI=1S/C20H22N4S/c1-15-7-6-8-17(13-15)14-24-12-11-19(23-24)22-20(25)21-16(2)18-9-4-3-5-10-18/h3-13,16H,14H2,1-2H3,(H2,21,22,23,25). The second-order valence-electron chi connectivity index (χ2n) is 6.12. The first-order valence-electron chi connectivity index (χ1n) is 8.31. The number of hydrogen-bond donors (Lipinski definition) is 2. The van der Waals surface area contributed by atoms with Crippen molar-refractivity contribution < 1.29 is 0 Å². The third kappa shape index (κ3) is 4.90. The molecule has 2 aromatic carbocycles. The van der Waals surface area contributed by atoms with Gasteiger partial charge >= 0.3 is 0 Å². The Morgan fingerprint density at radius 3 is 2.68 bits per heavy atom. The first kappa shape index (κ1) is 17.2. The van der Waals surface area contributed by atoms with Crippen molar-refractivity contribution in [2.45, 2.75) is 26.4 Å². The van der Waals surface area contributed by atoms with Crippen LogP contribution in [0.15, 0.2) is 66.9 Å². The average molecular weight is 350 g/mol. The minimum atomic E-state index is 0.135. The molecular weight excluding hydrogens is 328 g/mol. The summed E-state index contributed by atoms with van der Waals surface area (Å²) in [6.45, 7) is 4.92. The Kier molecular flexibility index (Phi) is 5.46. The highest BCUT2D eigenvalue weighted by Crippen LogP contribution is 2.12. The lowest BCUT2D eigenvalue weighted by Crippen LogP contribution is -2.31. The van der Waals surface area contributed by atoms with E-state index >= 15 is 0 Å². The van der Waals surface area contributed by atoms with Gasteiger partial charge in [-0.1, -0.05) is 60.2 Å². The molecule has 25 heavy (non-hydrogen) atoms. The Bertz CT molecular complexity index is 842. The Labute approximate surface area is 153 Å². The number of aryl methyl sites for hydroxylation is 1. The summed E-state index contributed by atoms with van der Waals surface area (Å²) in [6, 6.07) is 20.7. The molecule has 2 N–H and O–H groups in total. The van der Waals surface area contributed by atoms with Gasteiger partial charge in [0.05, 0.1) is 12.6 Å². The molecule has 0 saturated carbocycles. The molecule has 128 valence electrons. The summed E-state index contributed by atoms with van der Waals surface area (Å²) < 4.78 is 1.90. The Morgan fingerprint density at radius 2 is 1.92 bits per heavy atom. The maximum Gasteiger partial charge on any atom is 0.172 e. The van der Waals surface area contributed by atoms with Gasteiger partial charge in [0.25, 0.3) is 0 Å². The zero-order valence-electron chi connectivity index (χ0n) is 14.4. The van der Waals surface area contributed by atoms with E-state index in [1.807, 2.05) is 35.1 Å². The molecule has 0 aliphatic heterocycles. The van der Waals surface area contributed by atoms with E-state index in [2.05, 4.69) is 66.0 Å². The third-order valence-corrected chi connectivity index (χ3v) is 4.18. The molecule has 0 bridgehead atoms. The van der Waals surface area contributed by atoms with Gasteiger partial charge in [-0.2, -0.15) is 5.10 Å². The van der Waals surface area contributed by atoms with E-state index in [1.54, 1.807) is 0 Å². The van der Waals surface area contributed by atoms with Gasteiger partial charge in [0.15, 0.2) is 10.9 Å². The molecule has 1 unspecified atom stereocenters. The van der Waals surface area contributed by atoms with Crippen molar-refractivity contribution in [2.24, 2.45) is 0 Å². The maximum atomic E-state index is 5.40. The number of benzene rings is 2. The largest absolute Gasteiger partial charge is 0.356 e. The molecule has 3 aromatic rings. The second kappa shape index (κ2) is 7.94. The van der Waals surface area contributed by atoms with E-state index < -0.39 is 0 Å². The van der Waals surface area contributed by atoms with Crippen LogP contribution in [0.3, 0.4) is 0 Å². The van der Waals surface area contributed by atoms with E-state index in [9.17, 15) is 0 Å². The predicted molar refractivity (Wildman–Crippen MR) is 107 cm³/mol. The van der Waals surface area contributed by atoms with Gasteiger partial charge in [-0.3, -0.25) is 4.68 Å². The van der Waals surface area contributed by atoms with E-state index in [0.717, 1.165) is 12.4 Å². The number of anilines is 1. The minimum absolute atomic E-state index is 0.135. The highest BCUT2D eigenvalue weighted by molar-refractivity contribution is 7.80.